The number of nitrogens with two attached hydrogens (primary N) is 1. The lowest BCUT2D eigenvalue weighted by molar-refractivity contribution is -0.0702. The monoisotopic (exact) mass is 264 g/mol. The first kappa shape index (κ1) is 13.6. The third kappa shape index (κ3) is 3.56. The molecule has 98 valence electrons. The molecule has 1 aromatic rings. The molecule has 1 fully saturated rings. The number of hydrogen-bond acceptors (Lipinski definition) is 4. The summed E-state index contributed by atoms with van der Waals surface area (Å²) in [5.41, 5.74) is 6.54. The normalized spacial score (nSPS) is 24.6. The lowest BCUT2D eigenvalue weighted by atomic mass is 10.2. The molecule has 0 radical (unpaired) electrons. The van der Waals surface area contributed by atoms with Crippen LogP contribution in [0.5, 0.6) is 0 Å². The summed E-state index contributed by atoms with van der Waals surface area (Å²) >= 11 is 1.77. The van der Waals surface area contributed by atoms with E-state index in [9.17, 15) is 0 Å². The summed E-state index contributed by atoms with van der Waals surface area (Å²) in [6.07, 6.45) is 0.625. The van der Waals surface area contributed by atoms with Crippen molar-refractivity contribution in [2.45, 2.75) is 32.6 Å². The van der Waals surface area contributed by atoms with E-state index < -0.39 is 0 Å². The van der Waals surface area contributed by atoms with E-state index in [1.807, 2.05) is 0 Å². The summed E-state index contributed by atoms with van der Waals surface area (Å²) < 4.78 is 5.75. The highest BCUT2D eigenvalue weighted by molar-refractivity contribution is 7.10. The molecule has 2 unspecified atom stereocenters. The van der Waals surface area contributed by atoms with E-state index in [1.54, 1.807) is 11.3 Å². The largest absolute Gasteiger partial charge is 0.373 e. The van der Waals surface area contributed by atoms with Gasteiger partial charge in [-0.25, -0.2) is 0 Å². The zero-order valence-corrected chi connectivity index (χ0v) is 11.8. The van der Waals surface area contributed by atoms with Crippen LogP contribution in [0, 0.1) is 11.8 Å². The molecule has 3 nitrogen and oxygen atoms in total. The molecule has 2 heterocycles. The number of nitrogens with zero attached hydrogens (tertiary/aromatic N) is 1. The molecule has 18 heavy (non-hydrogen) atoms. The van der Waals surface area contributed by atoms with Gasteiger partial charge in [0.15, 0.2) is 0 Å². The number of ether oxygens (including phenoxy) is 1. The summed E-state index contributed by atoms with van der Waals surface area (Å²) in [4.78, 5) is 3.77. The van der Waals surface area contributed by atoms with E-state index in [0.29, 0.717) is 18.8 Å². The average molecular weight is 264 g/mol. The third-order valence-corrected chi connectivity index (χ3v) is 3.84. The number of rotatable bonds is 2. The summed E-state index contributed by atoms with van der Waals surface area (Å²) in [7, 11) is 0. The second-order valence-electron chi connectivity index (χ2n) is 4.71. The first-order valence-corrected chi connectivity index (χ1v) is 7.20. The Bertz CT molecular complexity index is 436. The van der Waals surface area contributed by atoms with Crippen LogP contribution in [0.2, 0.25) is 0 Å². The molecule has 0 saturated carbocycles. The molecule has 4 heteroatoms. The first-order valence-electron chi connectivity index (χ1n) is 6.32. The number of thiophene rings is 1. The van der Waals surface area contributed by atoms with Crippen molar-refractivity contribution in [1.29, 1.82) is 0 Å². The van der Waals surface area contributed by atoms with Crippen LogP contribution in [0.3, 0.4) is 0 Å². The molecule has 0 bridgehead atoms. The van der Waals surface area contributed by atoms with Crippen LogP contribution in [0.4, 0.5) is 0 Å². The van der Waals surface area contributed by atoms with Gasteiger partial charge in [-0.05, 0) is 25.3 Å². The van der Waals surface area contributed by atoms with E-state index >= 15 is 0 Å². The van der Waals surface area contributed by atoms with Crippen LogP contribution in [-0.4, -0.2) is 36.7 Å². The molecule has 0 amide bonds. The topological polar surface area (TPSA) is 38.5 Å². The van der Waals surface area contributed by atoms with Gasteiger partial charge >= 0.3 is 0 Å². The Morgan fingerprint density at radius 2 is 2.17 bits per heavy atom. The van der Waals surface area contributed by atoms with Crippen LogP contribution in [0.15, 0.2) is 11.4 Å². The molecule has 2 atom stereocenters. The molecule has 1 aromatic heterocycles. The standard InChI is InChI=1S/C14H20N2OS/c1-11-8-16(9-12(2)17-11)10-14-13(4-3-6-15)5-7-18-14/h5,7,11-12H,6,8-10,15H2,1-2H3. The van der Waals surface area contributed by atoms with Crippen molar-refractivity contribution in [3.8, 4) is 11.8 Å². The fourth-order valence-corrected chi connectivity index (χ4v) is 3.21. The van der Waals surface area contributed by atoms with Gasteiger partial charge in [-0.3, -0.25) is 4.90 Å². The maximum atomic E-state index is 5.75. The number of morpholine rings is 1. The summed E-state index contributed by atoms with van der Waals surface area (Å²) in [6.45, 7) is 7.63. The molecule has 1 aliphatic rings. The molecule has 2 rings (SSSR count). The van der Waals surface area contributed by atoms with Crippen molar-refractivity contribution in [3.63, 3.8) is 0 Å². The van der Waals surface area contributed by atoms with Gasteiger partial charge in [0.05, 0.1) is 18.8 Å². The third-order valence-electron chi connectivity index (χ3n) is 2.93. The summed E-state index contributed by atoms with van der Waals surface area (Å²) in [5.74, 6) is 6.07. The Morgan fingerprint density at radius 3 is 2.83 bits per heavy atom. The zero-order valence-electron chi connectivity index (χ0n) is 11.0. The predicted octanol–water partition coefficient (Wildman–Crippen LogP) is 1.67. The molecule has 0 aliphatic carbocycles. The fourth-order valence-electron chi connectivity index (χ4n) is 2.34. The SMILES string of the molecule is CC1CN(Cc2sccc2C#CCN)CC(C)O1. The van der Waals surface area contributed by atoms with Gasteiger partial charge in [0.2, 0.25) is 0 Å². The highest BCUT2D eigenvalue weighted by Crippen LogP contribution is 2.20. The van der Waals surface area contributed by atoms with E-state index in [1.165, 1.54) is 4.88 Å². The fraction of sp³-hybridized carbons (Fsp3) is 0.571. The second kappa shape index (κ2) is 6.35. The Morgan fingerprint density at radius 1 is 1.44 bits per heavy atom. The minimum absolute atomic E-state index is 0.312. The van der Waals surface area contributed by atoms with Crippen molar-refractivity contribution in [3.05, 3.63) is 21.9 Å². The summed E-state index contributed by atoms with van der Waals surface area (Å²) in [5, 5.41) is 2.10. The van der Waals surface area contributed by atoms with Gasteiger partial charge in [0.25, 0.3) is 0 Å². The molecule has 1 aliphatic heterocycles. The van der Waals surface area contributed by atoms with Crippen molar-refractivity contribution in [2.24, 2.45) is 5.73 Å². The smallest absolute Gasteiger partial charge is 0.0678 e. The first-order chi connectivity index (χ1) is 8.69. The maximum absolute atomic E-state index is 5.75. The van der Waals surface area contributed by atoms with Gasteiger partial charge < -0.3 is 10.5 Å². The lowest BCUT2D eigenvalue weighted by Gasteiger charge is -2.35. The molecular formula is C14H20N2OS. The quantitative estimate of drug-likeness (QED) is 0.826. The zero-order chi connectivity index (χ0) is 13.0. The van der Waals surface area contributed by atoms with Gasteiger partial charge in [0, 0.05) is 30.1 Å². The van der Waals surface area contributed by atoms with Crippen molar-refractivity contribution in [2.75, 3.05) is 19.6 Å². The Kier molecular flexibility index (Phi) is 4.79. The Hall–Kier alpha value is -0.860. The Labute approximate surface area is 113 Å². The Balaban J connectivity index is 2.02. The number of hydrogen-bond donors (Lipinski definition) is 1. The van der Waals surface area contributed by atoms with Crippen molar-refractivity contribution >= 4 is 11.3 Å². The van der Waals surface area contributed by atoms with Crippen LogP contribution in [-0.2, 0) is 11.3 Å². The van der Waals surface area contributed by atoms with Crippen molar-refractivity contribution < 1.29 is 4.74 Å². The van der Waals surface area contributed by atoms with Crippen LogP contribution >= 0.6 is 11.3 Å². The van der Waals surface area contributed by atoms with E-state index in [-0.39, 0.29) is 0 Å². The highest BCUT2D eigenvalue weighted by atomic mass is 32.1. The molecule has 0 aromatic carbocycles. The van der Waals surface area contributed by atoms with Crippen LogP contribution < -0.4 is 5.73 Å². The lowest BCUT2D eigenvalue weighted by Crippen LogP contribution is -2.44. The maximum Gasteiger partial charge on any atom is 0.0678 e. The van der Waals surface area contributed by atoms with E-state index in [4.69, 9.17) is 10.5 Å². The van der Waals surface area contributed by atoms with Crippen LogP contribution in [0.25, 0.3) is 0 Å². The van der Waals surface area contributed by atoms with Gasteiger partial charge in [-0.15, -0.1) is 11.3 Å². The minimum atomic E-state index is 0.312. The highest BCUT2D eigenvalue weighted by Gasteiger charge is 2.22. The van der Waals surface area contributed by atoms with E-state index in [0.717, 1.165) is 25.2 Å². The molecule has 1 saturated heterocycles. The van der Waals surface area contributed by atoms with Crippen LogP contribution in [0.1, 0.15) is 24.3 Å². The van der Waals surface area contributed by atoms with Gasteiger partial charge in [0.1, 0.15) is 0 Å². The molecule has 0 spiro atoms. The van der Waals surface area contributed by atoms with Crippen molar-refractivity contribution in [1.82, 2.24) is 4.90 Å². The predicted molar refractivity (Wildman–Crippen MR) is 75.5 cm³/mol. The van der Waals surface area contributed by atoms with Gasteiger partial charge in [-0.1, -0.05) is 11.8 Å². The van der Waals surface area contributed by atoms with E-state index in [2.05, 4.69) is 42.0 Å². The molecular weight excluding hydrogens is 244 g/mol. The molecule has 2 N–H and O–H groups in total. The minimum Gasteiger partial charge on any atom is -0.373 e. The summed E-state index contributed by atoms with van der Waals surface area (Å²) in [6, 6.07) is 2.08. The van der Waals surface area contributed by atoms with Gasteiger partial charge in [-0.2, -0.15) is 0 Å². The average Bonchev–Trinajstić information content (AvgIpc) is 2.72. The second-order valence-corrected chi connectivity index (χ2v) is 5.72.